The maximum atomic E-state index is 12.5. The van der Waals surface area contributed by atoms with E-state index >= 15 is 0 Å². The molecule has 0 saturated carbocycles. The first-order chi connectivity index (χ1) is 20.5. The molecule has 3 atom stereocenters. The Bertz CT molecular complexity index is 1380. The molecule has 0 bridgehead atoms. The Morgan fingerprint density at radius 2 is 2.05 bits per heavy atom. The van der Waals surface area contributed by atoms with Gasteiger partial charge in [-0.3, -0.25) is 4.79 Å². The maximum Gasteiger partial charge on any atom is 0.318 e. The van der Waals surface area contributed by atoms with Gasteiger partial charge in [-0.1, -0.05) is 30.3 Å². The molecule has 10 heteroatoms. The minimum absolute atomic E-state index is 0.132. The summed E-state index contributed by atoms with van der Waals surface area (Å²) in [7, 11) is 2.14. The first-order valence-corrected chi connectivity index (χ1v) is 15.7. The van der Waals surface area contributed by atoms with Crippen LogP contribution in [0.15, 0.2) is 30.9 Å². The predicted octanol–water partition coefficient (Wildman–Crippen LogP) is 4.03. The molecule has 9 nitrogen and oxygen atoms in total. The lowest BCUT2D eigenvalue weighted by atomic mass is 9.88. The SMILES string of the molecule is C=CC(=O)N1CCN(c2nc(OC[C@@H]3CCCN3C)nc3c2CC[C@@H](N2CCCc4cccc(Cl)c42)C3)C[C@@H]1CC#N. The van der Waals surface area contributed by atoms with E-state index in [1.54, 1.807) is 4.90 Å². The van der Waals surface area contributed by atoms with Crippen LogP contribution in [0.5, 0.6) is 6.01 Å². The van der Waals surface area contributed by atoms with Crippen molar-refractivity contribution in [3.63, 3.8) is 0 Å². The normalized spacial score (nSPS) is 24.1. The van der Waals surface area contributed by atoms with Gasteiger partial charge in [0.05, 0.1) is 34.9 Å². The Kier molecular flexibility index (Phi) is 8.55. The summed E-state index contributed by atoms with van der Waals surface area (Å²) in [5.74, 6) is 0.756. The highest BCUT2D eigenvalue weighted by Crippen LogP contribution is 2.40. The summed E-state index contributed by atoms with van der Waals surface area (Å²) in [4.78, 5) is 31.4. The van der Waals surface area contributed by atoms with E-state index in [0.29, 0.717) is 44.3 Å². The quantitative estimate of drug-likeness (QED) is 0.447. The van der Waals surface area contributed by atoms with Gasteiger partial charge in [-0.15, -0.1) is 0 Å². The van der Waals surface area contributed by atoms with Gasteiger partial charge in [0.25, 0.3) is 0 Å². The van der Waals surface area contributed by atoms with Crippen molar-refractivity contribution in [2.45, 2.75) is 69.5 Å². The van der Waals surface area contributed by atoms with Crippen LogP contribution in [0.1, 0.15) is 48.9 Å². The zero-order valence-electron chi connectivity index (χ0n) is 24.5. The number of likely N-dealkylation sites (tertiary alicyclic amines) is 1. The third-order valence-electron chi connectivity index (χ3n) is 9.49. The summed E-state index contributed by atoms with van der Waals surface area (Å²) in [6.07, 6.45) is 8.69. The number of benzene rings is 1. The van der Waals surface area contributed by atoms with E-state index in [1.807, 2.05) is 12.1 Å². The van der Waals surface area contributed by atoms with Crippen molar-refractivity contribution >= 4 is 29.0 Å². The Morgan fingerprint density at radius 1 is 1.17 bits per heavy atom. The molecule has 222 valence electrons. The van der Waals surface area contributed by atoms with Gasteiger partial charge < -0.3 is 24.3 Å². The zero-order valence-corrected chi connectivity index (χ0v) is 25.2. The zero-order chi connectivity index (χ0) is 29.2. The lowest BCUT2D eigenvalue weighted by molar-refractivity contribution is -0.128. The van der Waals surface area contributed by atoms with Gasteiger partial charge in [-0.2, -0.15) is 15.2 Å². The molecule has 1 aromatic carbocycles. The number of fused-ring (bicyclic) bond motifs is 2. The number of anilines is 2. The molecule has 2 saturated heterocycles. The van der Waals surface area contributed by atoms with E-state index < -0.39 is 0 Å². The number of nitrogens with zero attached hydrogens (tertiary/aromatic N) is 7. The standard InChI is InChI=1S/C32H40ClN7O2/c1-3-29(41)39-18-17-38(20-24(39)13-14-34)31-26-12-11-23(40-16-5-8-22-7-4-10-27(33)30(22)40)19-28(26)35-32(36-31)42-21-25-9-6-15-37(25)2/h3-4,7,10,23-25H,1,5-6,8-9,11-13,15-21H2,2H3/t23-,24+,25+/m1/s1. The summed E-state index contributed by atoms with van der Waals surface area (Å²) in [5.41, 5.74) is 4.69. The molecule has 0 unspecified atom stereocenters. The largest absolute Gasteiger partial charge is 0.462 e. The fourth-order valence-electron chi connectivity index (χ4n) is 7.24. The molecule has 1 aromatic heterocycles. The second-order valence-corrected chi connectivity index (χ2v) is 12.4. The summed E-state index contributed by atoms with van der Waals surface area (Å²) < 4.78 is 6.31. The van der Waals surface area contributed by atoms with Crippen LogP contribution in [0, 0.1) is 11.3 Å². The van der Waals surface area contributed by atoms with Crippen LogP contribution in [0.25, 0.3) is 0 Å². The number of carbonyl (C=O) groups is 1. The van der Waals surface area contributed by atoms with Crippen molar-refractivity contribution in [3.8, 4) is 12.1 Å². The van der Waals surface area contributed by atoms with Crippen molar-refractivity contribution < 1.29 is 9.53 Å². The summed E-state index contributed by atoms with van der Waals surface area (Å²) in [6.45, 7) is 7.99. The summed E-state index contributed by atoms with van der Waals surface area (Å²) in [6, 6.07) is 9.37. The third kappa shape index (κ3) is 5.67. The molecule has 42 heavy (non-hydrogen) atoms. The predicted molar refractivity (Wildman–Crippen MR) is 164 cm³/mol. The van der Waals surface area contributed by atoms with Crippen molar-refractivity contribution in [1.29, 1.82) is 5.26 Å². The number of piperazine rings is 1. The number of hydrogen-bond acceptors (Lipinski definition) is 8. The second kappa shape index (κ2) is 12.5. The molecule has 1 aliphatic carbocycles. The first kappa shape index (κ1) is 28.8. The lowest BCUT2D eigenvalue weighted by Gasteiger charge is -2.43. The number of para-hydroxylation sites is 1. The highest BCUT2D eigenvalue weighted by molar-refractivity contribution is 6.33. The number of carbonyl (C=O) groups excluding carboxylic acids is 1. The molecule has 2 aromatic rings. The van der Waals surface area contributed by atoms with Crippen LogP contribution in [0.4, 0.5) is 11.5 Å². The summed E-state index contributed by atoms with van der Waals surface area (Å²) in [5, 5.41) is 10.3. The van der Waals surface area contributed by atoms with Gasteiger partial charge in [0, 0.05) is 50.2 Å². The number of likely N-dealkylation sites (N-methyl/N-ethyl adjacent to an activating group) is 1. The van der Waals surface area contributed by atoms with Gasteiger partial charge in [0.15, 0.2) is 0 Å². The number of aromatic nitrogens is 2. The molecule has 2 fully saturated rings. The monoisotopic (exact) mass is 589 g/mol. The smallest absolute Gasteiger partial charge is 0.318 e. The van der Waals surface area contributed by atoms with E-state index in [0.717, 1.165) is 73.7 Å². The number of aryl methyl sites for hydroxylation is 1. The maximum absolute atomic E-state index is 12.5. The number of halogens is 1. The number of ether oxygens (including phenoxy) is 1. The van der Waals surface area contributed by atoms with Crippen molar-refractivity contribution in [1.82, 2.24) is 19.8 Å². The first-order valence-electron chi connectivity index (χ1n) is 15.3. The molecule has 0 N–H and O–H groups in total. The number of hydrogen-bond donors (Lipinski definition) is 0. The molecular weight excluding hydrogens is 550 g/mol. The number of rotatable bonds is 7. The lowest BCUT2D eigenvalue weighted by Crippen LogP contribution is -2.55. The van der Waals surface area contributed by atoms with Crippen molar-refractivity contribution in [2.75, 3.05) is 56.2 Å². The minimum atomic E-state index is -0.222. The van der Waals surface area contributed by atoms with Crippen LogP contribution in [0.2, 0.25) is 5.02 Å². The average Bonchev–Trinajstić information content (AvgIpc) is 3.43. The average molecular weight is 590 g/mol. The highest BCUT2D eigenvalue weighted by atomic mass is 35.5. The van der Waals surface area contributed by atoms with Crippen molar-refractivity contribution in [2.24, 2.45) is 0 Å². The molecule has 4 heterocycles. The molecule has 0 radical (unpaired) electrons. The molecule has 1 amide bonds. The number of amides is 1. The van der Waals surface area contributed by atoms with E-state index in [2.05, 4.69) is 40.5 Å². The molecule has 3 aliphatic heterocycles. The van der Waals surface area contributed by atoms with Crippen molar-refractivity contribution in [3.05, 3.63) is 52.7 Å². The number of nitriles is 1. The van der Waals surface area contributed by atoms with Gasteiger partial charge in [0.1, 0.15) is 12.4 Å². The topological polar surface area (TPSA) is 88.8 Å². The van der Waals surface area contributed by atoms with Gasteiger partial charge in [-0.25, -0.2) is 0 Å². The molecule has 6 rings (SSSR count). The van der Waals surface area contributed by atoms with E-state index in [-0.39, 0.29) is 18.4 Å². The Morgan fingerprint density at radius 3 is 2.83 bits per heavy atom. The summed E-state index contributed by atoms with van der Waals surface area (Å²) >= 11 is 6.75. The fraction of sp³-hybridized carbons (Fsp3) is 0.562. The second-order valence-electron chi connectivity index (χ2n) is 12.0. The minimum Gasteiger partial charge on any atom is -0.462 e. The Labute approximate surface area is 253 Å². The van der Waals surface area contributed by atoms with Crippen LogP contribution >= 0.6 is 11.6 Å². The van der Waals surface area contributed by atoms with Crippen LogP contribution in [-0.2, 0) is 24.1 Å². The Hall–Kier alpha value is -3.35. The fourth-order valence-corrected chi connectivity index (χ4v) is 7.55. The Balaban J connectivity index is 1.31. The highest BCUT2D eigenvalue weighted by Gasteiger charge is 2.36. The molecule has 0 spiro atoms. The van der Waals surface area contributed by atoms with Gasteiger partial charge in [-0.05, 0) is 69.8 Å². The van der Waals surface area contributed by atoms with E-state index in [4.69, 9.17) is 26.3 Å². The van der Waals surface area contributed by atoms with Crippen LogP contribution in [0.3, 0.4) is 0 Å². The van der Waals surface area contributed by atoms with Gasteiger partial charge in [0.2, 0.25) is 5.91 Å². The van der Waals surface area contributed by atoms with Crippen LogP contribution in [-0.4, -0.2) is 90.2 Å². The van der Waals surface area contributed by atoms with E-state index in [9.17, 15) is 10.1 Å². The molecule has 4 aliphatic rings. The molecular formula is C32H40ClN7O2. The van der Waals surface area contributed by atoms with Crippen LogP contribution < -0.4 is 14.5 Å². The van der Waals surface area contributed by atoms with E-state index in [1.165, 1.54) is 23.7 Å². The third-order valence-corrected chi connectivity index (χ3v) is 9.80. The van der Waals surface area contributed by atoms with Gasteiger partial charge >= 0.3 is 6.01 Å².